The van der Waals surface area contributed by atoms with Crippen LogP contribution < -0.4 is 0 Å². The summed E-state index contributed by atoms with van der Waals surface area (Å²) in [4.78, 5) is 10.3. The summed E-state index contributed by atoms with van der Waals surface area (Å²) < 4.78 is 0. The Labute approximate surface area is 79.8 Å². The Hall–Kier alpha value is -0.570. The zero-order valence-electron chi connectivity index (χ0n) is 8.33. The first-order valence-corrected chi connectivity index (χ1v) is 5.03. The molecule has 1 unspecified atom stereocenters. The predicted molar refractivity (Wildman–Crippen MR) is 51.6 cm³/mol. The molecule has 0 saturated carbocycles. The third-order valence-corrected chi connectivity index (χ3v) is 2.27. The molecule has 78 valence electrons. The molecule has 0 fully saturated rings. The first-order chi connectivity index (χ1) is 6.20. The summed E-state index contributed by atoms with van der Waals surface area (Å²) in [5.74, 6) is -0.347. The van der Waals surface area contributed by atoms with Gasteiger partial charge in [-0.3, -0.25) is 4.79 Å². The highest BCUT2D eigenvalue weighted by molar-refractivity contribution is 5.66. The molecule has 0 spiro atoms. The Morgan fingerprint density at radius 3 is 2.46 bits per heavy atom. The molecule has 2 N–H and O–H groups in total. The summed E-state index contributed by atoms with van der Waals surface area (Å²) in [6.07, 6.45) is 4.99. The number of aliphatic hydroxyl groups excluding tert-OH is 1. The highest BCUT2D eigenvalue weighted by Gasteiger charge is 2.09. The molecule has 0 aliphatic heterocycles. The summed E-state index contributed by atoms with van der Waals surface area (Å²) in [6, 6.07) is 0. The summed E-state index contributed by atoms with van der Waals surface area (Å²) in [6.45, 7) is 2.29. The third kappa shape index (κ3) is 7.78. The number of hydrogen-bond acceptors (Lipinski definition) is 2. The number of rotatable bonds is 8. The van der Waals surface area contributed by atoms with Crippen LogP contribution in [0.25, 0.3) is 0 Å². The lowest BCUT2D eigenvalue weighted by Gasteiger charge is -2.13. The van der Waals surface area contributed by atoms with Crippen molar-refractivity contribution in [3.05, 3.63) is 0 Å². The van der Waals surface area contributed by atoms with Crippen LogP contribution in [0.15, 0.2) is 0 Å². The minimum atomic E-state index is -0.737. The van der Waals surface area contributed by atoms with E-state index >= 15 is 0 Å². The van der Waals surface area contributed by atoms with Crippen molar-refractivity contribution in [1.82, 2.24) is 0 Å². The van der Waals surface area contributed by atoms with E-state index in [1.54, 1.807) is 0 Å². The van der Waals surface area contributed by atoms with Crippen molar-refractivity contribution in [3.8, 4) is 0 Å². The Morgan fingerprint density at radius 2 is 2.00 bits per heavy atom. The second-order valence-corrected chi connectivity index (χ2v) is 3.45. The van der Waals surface area contributed by atoms with Crippen molar-refractivity contribution in [2.45, 2.75) is 45.4 Å². The average Bonchev–Trinajstić information content (AvgIpc) is 2.09. The molecule has 0 heterocycles. The summed E-state index contributed by atoms with van der Waals surface area (Å²) >= 11 is 0. The van der Waals surface area contributed by atoms with Crippen molar-refractivity contribution >= 4 is 5.97 Å². The maximum atomic E-state index is 10.3. The molecule has 3 nitrogen and oxygen atoms in total. The van der Waals surface area contributed by atoms with Crippen LogP contribution in [0.3, 0.4) is 0 Å². The molecule has 0 amide bonds. The molecule has 0 saturated heterocycles. The van der Waals surface area contributed by atoms with Gasteiger partial charge in [0, 0.05) is 13.0 Å². The molecule has 0 aliphatic rings. The zero-order chi connectivity index (χ0) is 10.1. The number of carboxylic acid groups (broad SMARTS) is 1. The molecule has 0 rings (SSSR count). The van der Waals surface area contributed by atoms with Crippen molar-refractivity contribution in [3.63, 3.8) is 0 Å². The lowest BCUT2D eigenvalue weighted by Crippen LogP contribution is -2.06. The van der Waals surface area contributed by atoms with Crippen molar-refractivity contribution in [1.29, 1.82) is 0 Å². The minimum absolute atomic E-state index is 0.175. The fraction of sp³-hybridized carbons (Fsp3) is 0.900. The van der Waals surface area contributed by atoms with Crippen LogP contribution in [0.5, 0.6) is 0 Å². The van der Waals surface area contributed by atoms with E-state index in [2.05, 4.69) is 6.92 Å². The van der Waals surface area contributed by atoms with E-state index in [0.29, 0.717) is 12.3 Å². The number of unbranched alkanes of at least 4 members (excludes halogenated alkanes) is 1. The summed E-state index contributed by atoms with van der Waals surface area (Å²) in [7, 11) is 0. The van der Waals surface area contributed by atoms with Crippen molar-refractivity contribution in [2.75, 3.05) is 6.61 Å². The monoisotopic (exact) mass is 188 g/mol. The van der Waals surface area contributed by atoms with Crippen LogP contribution >= 0.6 is 0 Å². The lowest BCUT2D eigenvalue weighted by molar-refractivity contribution is -0.137. The average molecular weight is 188 g/mol. The number of aliphatic hydroxyl groups is 1. The van der Waals surface area contributed by atoms with Gasteiger partial charge in [-0.1, -0.05) is 26.2 Å². The second-order valence-electron chi connectivity index (χ2n) is 3.45. The van der Waals surface area contributed by atoms with Crippen LogP contribution in [0.4, 0.5) is 0 Å². The Balaban J connectivity index is 3.59. The number of aliphatic carboxylic acids is 1. The first kappa shape index (κ1) is 12.4. The SMILES string of the molecule is CCCCC(CCO)CCC(=O)O. The zero-order valence-corrected chi connectivity index (χ0v) is 8.33. The van der Waals surface area contributed by atoms with Gasteiger partial charge >= 0.3 is 5.97 Å². The van der Waals surface area contributed by atoms with Crippen LogP contribution in [-0.4, -0.2) is 22.8 Å². The Kier molecular flexibility index (Phi) is 7.69. The highest BCUT2D eigenvalue weighted by atomic mass is 16.4. The Bertz CT molecular complexity index is 134. The largest absolute Gasteiger partial charge is 0.481 e. The minimum Gasteiger partial charge on any atom is -0.481 e. The third-order valence-electron chi connectivity index (χ3n) is 2.27. The quantitative estimate of drug-likeness (QED) is 0.613. The van der Waals surface area contributed by atoms with Crippen LogP contribution in [0, 0.1) is 5.92 Å². The molecule has 0 aliphatic carbocycles. The van der Waals surface area contributed by atoms with E-state index in [1.165, 1.54) is 0 Å². The molecule has 1 atom stereocenters. The van der Waals surface area contributed by atoms with Crippen LogP contribution in [0.1, 0.15) is 45.4 Å². The van der Waals surface area contributed by atoms with Gasteiger partial charge in [-0.05, 0) is 18.8 Å². The Morgan fingerprint density at radius 1 is 1.31 bits per heavy atom. The van der Waals surface area contributed by atoms with Gasteiger partial charge in [0.05, 0.1) is 0 Å². The predicted octanol–water partition coefficient (Wildman–Crippen LogP) is 2.04. The standard InChI is InChI=1S/C10H20O3/c1-2-3-4-9(7-8-11)5-6-10(12)13/h9,11H,2-8H2,1H3,(H,12,13). The van der Waals surface area contributed by atoms with Gasteiger partial charge in [0.1, 0.15) is 0 Å². The topological polar surface area (TPSA) is 57.5 Å². The molecule has 3 heteroatoms. The number of carbonyl (C=O) groups is 1. The van der Waals surface area contributed by atoms with Gasteiger partial charge in [-0.15, -0.1) is 0 Å². The molecule has 0 aromatic carbocycles. The van der Waals surface area contributed by atoms with E-state index in [0.717, 1.165) is 25.7 Å². The van der Waals surface area contributed by atoms with Gasteiger partial charge < -0.3 is 10.2 Å². The molecule has 0 bridgehead atoms. The molecular weight excluding hydrogens is 168 g/mol. The van der Waals surface area contributed by atoms with Crippen LogP contribution in [-0.2, 0) is 4.79 Å². The van der Waals surface area contributed by atoms with E-state index < -0.39 is 5.97 Å². The maximum Gasteiger partial charge on any atom is 0.303 e. The van der Waals surface area contributed by atoms with Gasteiger partial charge in [-0.2, -0.15) is 0 Å². The van der Waals surface area contributed by atoms with Gasteiger partial charge in [-0.25, -0.2) is 0 Å². The first-order valence-electron chi connectivity index (χ1n) is 5.03. The van der Waals surface area contributed by atoms with E-state index in [4.69, 9.17) is 10.2 Å². The number of hydrogen-bond donors (Lipinski definition) is 2. The van der Waals surface area contributed by atoms with Crippen LogP contribution in [0.2, 0.25) is 0 Å². The fourth-order valence-electron chi connectivity index (χ4n) is 1.44. The smallest absolute Gasteiger partial charge is 0.303 e. The van der Waals surface area contributed by atoms with E-state index in [1.807, 2.05) is 0 Å². The van der Waals surface area contributed by atoms with E-state index in [-0.39, 0.29) is 13.0 Å². The lowest BCUT2D eigenvalue weighted by atomic mass is 9.94. The fourth-order valence-corrected chi connectivity index (χ4v) is 1.44. The molecule has 0 aromatic heterocycles. The van der Waals surface area contributed by atoms with Crippen molar-refractivity contribution in [2.24, 2.45) is 5.92 Å². The normalized spacial score (nSPS) is 12.8. The van der Waals surface area contributed by atoms with Gasteiger partial charge in [0.15, 0.2) is 0 Å². The maximum absolute atomic E-state index is 10.3. The summed E-state index contributed by atoms with van der Waals surface area (Å²) in [5, 5.41) is 17.2. The molecule has 0 radical (unpaired) electrons. The van der Waals surface area contributed by atoms with Gasteiger partial charge in [0.2, 0.25) is 0 Å². The second kappa shape index (κ2) is 8.05. The molecule has 0 aromatic rings. The summed E-state index contributed by atoms with van der Waals surface area (Å²) in [5.41, 5.74) is 0. The number of carboxylic acids is 1. The van der Waals surface area contributed by atoms with Gasteiger partial charge in [0.25, 0.3) is 0 Å². The molecular formula is C10H20O3. The highest BCUT2D eigenvalue weighted by Crippen LogP contribution is 2.18. The van der Waals surface area contributed by atoms with Crippen molar-refractivity contribution < 1.29 is 15.0 Å². The van der Waals surface area contributed by atoms with E-state index in [9.17, 15) is 4.79 Å². The molecule has 13 heavy (non-hydrogen) atoms.